The minimum absolute atomic E-state index is 0.121. The number of aromatic nitrogens is 2. The molecule has 1 aliphatic rings. The Morgan fingerprint density at radius 1 is 1.14 bits per heavy atom. The van der Waals surface area contributed by atoms with Gasteiger partial charge in [-0.3, -0.25) is 0 Å². The van der Waals surface area contributed by atoms with Crippen molar-refractivity contribution in [1.29, 1.82) is 0 Å². The van der Waals surface area contributed by atoms with Crippen LogP contribution in [-0.4, -0.2) is 9.97 Å². The number of nitrogen functional groups attached to an aromatic ring is 1. The number of fused-ring (bicyclic) bond motifs is 1. The van der Waals surface area contributed by atoms with E-state index < -0.39 is 5.82 Å². The number of hydrogen-bond acceptors (Lipinski definition) is 3. The normalized spacial score (nSPS) is 14.6. The van der Waals surface area contributed by atoms with E-state index in [2.05, 4.69) is 9.97 Å². The van der Waals surface area contributed by atoms with E-state index in [1.165, 1.54) is 12.5 Å². The first kappa shape index (κ1) is 14.3. The lowest BCUT2D eigenvalue weighted by Gasteiger charge is -2.11. The second-order valence-corrected chi connectivity index (χ2v) is 5.81. The number of halogens is 2. The highest BCUT2D eigenvalue weighted by molar-refractivity contribution is 6.30. The average Bonchev–Trinajstić information content (AvgIpc) is 2.70. The van der Waals surface area contributed by atoms with Crippen LogP contribution >= 0.6 is 11.6 Å². The number of aryl methyl sites for hydroxylation is 1. The van der Waals surface area contributed by atoms with Crippen LogP contribution in [0.5, 0.6) is 0 Å². The summed E-state index contributed by atoms with van der Waals surface area (Å²) in [5.41, 5.74) is 8.66. The molecule has 0 spiro atoms. The standard InChI is InChI=1S/C16H17ClFN3/c17-12-7-4-5-10(15(12)18)9-14-20-13-8-3-1-2-6-11(13)16(19)21-14/h4-5,7H,1-3,6,8-9H2,(H2,19,20,21). The molecule has 1 aromatic heterocycles. The van der Waals surface area contributed by atoms with Crippen molar-refractivity contribution < 1.29 is 4.39 Å². The molecule has 3 nitrogen and oxygen atoms in total. The first-order valence-corrected chi connectivity index (χ1v) is 7.60. The van der Waals surface area contributed by atoms with Crippen LogP contribution < -0.4 is 5.73 Å². The van der Waals surface area contributed by atoms with Gasteiger partial charge in [0.1, 0.15) is 17.5 Å². The Kier molecular flexibility index (Phi) is 4.06. The second kappa shape index (κ2) is 5.98. The van der Waals surface area contributed by atoms with E-state index in [4.69, 9.17) is 17.3 Å². The van der Waals surface area contributed by atoms with Crippen LogP contribution in [0.15, 0.2) is 18.2 Å². The molecule has 0 aliphatic heterocycles. The molecule has 1 aromatic carbocycles. The van der Waals surface area contributed by atoms with Gasteiger partial charge in [0.2, 0.25) is 0 Å². The molecule has 0 atom stereocenters. The van der Waals surface area contributed by atoms with Gasteiger partial charge in [0.15, 0.2) is 0 Å². The predicted molar refractivity (Wildman–Crippen MR) is 81.9 cm³/mol. The van der Waals surface area contributed by atoms with Gasteiger partial charge in [-0.15, -0.1) is 0 Å². The van der Waals surface area contributed by atoms with E-state index in [1.54, 1.807) is 12.1 Å². The number of anilines is 1. The third kappa shape index (κ3) is 3.00. The molecule has 0 saturated heterocycles. The molecule has 0 saturated carbocycles. The SMILES string of the molecule is Nc1nc(Cc2cccc(Cl)c2F)nc2c1CCCCC2. The summed E-state index contributed by atoms with van der Waals surface area (Å²) in [7, 11) is 0. The lowest BCUT2D eigenvalue weighted by molar-refractivity contribution is 0.612. The Morgan fingerprint density at radius 3 is 2.81 bits per heavy atom. The molecule has 0 bridgehead atoms. The van der Waals surface area contributed by atoms with Crippen LogP contribution in [0.3, 0.4) is 0 Å². The molecule has 0 unspecified atom stereocenters. The second-order valence-electron chi connectivity index (χ2n) is 5.40. The highest BCUT2D eigenvalue weighted by Crippen LogP contribution is 2.25. The fourth-order valence-corrected chi connectivity index (χ4v) is 2.98. The Balaban J connectivity index is 1.94. The van der Waals surface area contributed by atoms with Crippen LogP contribution in [0.2, 0.25) is 5.02 Å². The highest BCUT2D eigenvalue weighted by Gasteiger charge is 2.16. The van der Waals surface area contributed by atoms with E-state index in [1.807, 2.05) is 0 Å². The minimum Gasteiger partial charge on any atom is -0.383 e. The molecule has 2 aromatic rings. The van der Waals surface area contributed by atoms with Gasteiger partial charge in [0.25, 0.3) is 0 Å². The molecule has 2 N–H and O–H groups in total. The van der Waals surface area contributed by atoms with Crippen LogP contribution in [0.25, 0.3) is 0 Å². The van der Waals surface area contributed by atoms with E-state index in [-0.39, 0.29) is 5.02 Å². The Hall–Kier alpha value is -1.68. The summed E-state index contributed by atoms with van der Waals surface area (Å²) in [5.74, 6) is 0.699. The fourth-order valence-electron chi connectivity index (χ4n) is 2.79. The third-order valence-electron chi connectivity index (χ3n) is 3.89. The van der Waals surface area contributed by atoms with Crippen molar-refractivity contribution in [2.75, 3.05) is 5.73 Å². The zero-order valence-corrected chi connectivity index (χ0v) is 12.5. The summed E-state index contributed by atoms with van der Waals surface area (Å²) in [6, 6.07) is 4.96. The quantitative estimate of drug-likeness (QED) is 0.861. The molecule has 1 aliphatic carbocycles. The third-order valence-corrected chi connectivity index (χ3v) is 4.18. The van der Waals surface area contributed by atoms with Crippen LogP contribution in [-0.2, 0) is 19.3 Å². The van der Waals surface area contributed by atoms with Crippen molar-refractivity contribution in [3.05, 3.63) is 51.7 Å². The van der Waals surface area contributed by atoms with E-state index in [0.717, 1.165) is 36.9 Å². The summed E-state index contributed by atoms with van der Waals surface area (Å²) in [6.45, 7) is 0. The first-order chi connectivity index (χ1) is 10.1. The molecular formula is C16H17ClFN3. The van der Waals surface area contributed by atoms with Gasteiger partial charge in [-0.1, -0.05) is 30.2 Å². The Morgan fingerprint density at radius 2 is 1.95 bits per heavy atom. The van der Waals surface area contributed by atoms with Gasteiger partial charge in [0.05, 0.1) is 5.02 Å². The molecular weight excluding hydrogens is 289 g/mol. The van der Waals surface area contributed by atoms with Gasteiger partial charge < -0.3 is 5.73 Å². The molecule has 0 fully saturated rings. The number of nitrogens with zero attached hydrogens (tertiary/aromatic N) is 2. The van der Waals surface area contributed by atoms with Gasteiger partial charge in [-0.2, -0.15) is 0 Å². The zero-order valence-electron chi connectivity index (χ0n) is 11.7. The Bertz CT molecular complexity index is 673. The summed E-state index contributed by atoms with van der Waals surface area (Å²) in [4.78, 5) is 8.95. The smallest absolute Gasteiger partial charge is 0.145 e. The lowest BCUT2D eigenvalue weighted by atomic mass is 10.1. The number of rotatable bonds is 2. The van der Waals surface area contributed by atoms with E-state index in [9.17, 15) is 4.39 Å². The maximum absolute atomic E-state index is 14.0. The first-order valence-electron chi connectivity index (χ1n) is 7.22. The molecule has 0 amide bonds. The van der Waals surface area contributed by atoms with Crippen molar-refractivity contribution in [3.8, 4) is 0 Å². The van der Waals surface area contributed by atoms with Crippen molar-refractivity contribution >= 4 is 17.4 Å². The van der Waals surface area contributed by atoms with Crippen molar-refractivity contribution in [1.82, 2.24) is 9.97 Å². The summed E-state index contributed by atoms with van der Waals surface area (Å²) < 4.78 is 14.0. The summed E-state index contributed by atoms with van der Waals surface area (Å²) in [5, 5.41) is 0.121. The maximum Gasteiger partial charge on any atom is 0.145 e. The van der Waals surface area contributed by atoms with E-state index in [0.29, 0.717) is 23.6 Å². The van der Waals surface area contributed by atoms with Crippen molar-refractivity contribution in [3.63, 3.8) is 0 Å². The monoisotopic (exact) mass is 305 g/mol. The molecule has 21 heavy (non-hydrogen) atoms. The summed E-state index contributed by atoms with van der Waals surface area (Å²) >= 11 is 5.81. The molecule has 110 valence electrons. The van der Waals surface area contributed by atoms with Crippen LogP contribution in [0.4, 0.5) is 10.2 Å². The average molecular weight is 306 g/mol. The largest absolute Gasteiger partial charge is 0.383 e. The molecule has 3 rings (SSSR count). The number of hydrogen-bond donors (Lipinski definition) is 1. The minimum atomic E-state index is -0.406. The highest BCUT2D eigenvalue weighted by atomic mass is 35.5. The zero-order chi connectivity index (χ0) is 14.8. The molecule has 1 heterocycles. The maximum atomic E-state index is 14.0. The van der Waals surface area contributed by atoms with Gasteiger partial charge in [0, 0.05) is 17.7 Å². The Labute approximate surface area is 128 Å². The predicted octanol–water partition coefficient (Wildman–Crippen LogP) is 3.71. The topological polar surface area (TPSA) is 51.8 Å². The van der Waals surface area contributed by atoms with Gasteiger partial charge in [-0.05, 0) is 37.3 Å². The number of benzene rings is 1. The summed E-state index contributed by atoms with van der Waals surface area (Å²) in [6.07, 6.45) is 5.61. The van der Waals surface area contributed by atoms with E-state index >= 15 is 0 Å². The molecule has 5 heteroatoms. The van der Waals surface area contributed by atoms with Gasteiger partial charge >= 0.3 is 0 Å². The molecule has 0 radical (unpaired) electrons. The van der Waals surface area contributed by atoms with Crippen molar-refractivity contribution in [2.45, 2.75) is 38.5 Å². The van der Waals surface area contributed by atoms with Gasteiger partial charge in [-0.25, -0.2) is 14.4 Å². The van der Waals surface area contributed by atoms with Crippen LogP contribution in [0.1, 0.15) is 41.9 Å². The number of nitrogens with two attached hydrogens (primary N) is 1. The fraction of sp³-hybridized carbons (Fsp3) is 0.375. The van der Waals surface area contributed by atoms with Crippen molar-refractivity contribution in [2.24, 2.45) is 0 Å². The lowest BCUT2D eigenvalue weighted by Crippen LogP contribution is -2.09. The van der Waals surface area contributed by atoms with Crippen LogP contribution in [0, 0.1) is 5.82 Å².